The van der Waals surface area contributed by atoms with Gasteiger partial charge in [0.2, 0.25) is 0 Å². The molecule has 100 valence electrons. The second-order valence-electron chi connectivity index (χ2n) is 5.40. The highest BCUT2D eigenvalue weighted by molar-refractivity contribution is 9.10. The highest BCUT2D eigenvalue weighted by Gasteiger charge is 2.23. The fourth-order valence-corrected chi connectivity index (χ4v) is 3.04. The number of halogens is 1. The van der Waals surface area contributed by atoms with Crippen molar-refractivity contribution in [3.8, 4) is 0 Å². The smallest absolute Gasteiger partial charge is 0.0321 e. The molecule has 1 aromatic carbocycles. The molecule has 1 aliphatic heterocycles. The minimum absolute atomic E-state index is 0.511. The summed E-state index contributed by atoms with van der Waals surface area (Å²) in [4.78, 5) is 5.14. The van der Waals surface area contributed by atoms with E-state index in [1.807, 2.05) is 0 Å². The molecule has 0 amide bonds. The van der Waals surface area contributed by atoms with Crippen molar-refractivity contribution in [1.29, 1.82) is 0 Å². The van der Waals surface area contributed by atoms with Crippen molar-refractivity contribution in [2.24, 2.45) is 0 Å². The summed E-state index contributed by atoms with van der Waals surface area (Å²) < 4.78 is 1.17. The van der Waals surface area contributed by atoms with E-state index in [0.717, 1.165) is 0 Å². The van der Waals surface area contributed by atoms with Crippen molar-refractivity contribution < 1.29 is 0 Å². The Morgan fingerprint density at radius 2 is 1.61 bits per heavy atom. The molecule has 1 aliphatic rings. The number of rotatable bonds is 3. The zero-order chi connectivity index (χ0) is 13.1. The molecule has 1 aromatic rings. The molecule has 0 radical (unpaired) electrons. The van der Waals surface area contributed by atoms with Gasteiger partial charge in [-0.2, -0.15) is 0 Å². The van der Waals surface area contributed by atoms with Crippen LogP contribution in [0.2, 0.25) is 0 Å². The summed E-state index contributed by atoms with van der Waals surface area (Å²) in [6.45, 7) is 11.6. The van der Waals surface area contributed by atoms with Gasteiger partial charge in [-0.25, -0.2) is 0 Å². The van der Waals surface area contributed by atoms with E-state index in [9.17, 15) is 0 Å². The summed E-state index contributed by atoms with van der Waals surface area (Å²) in [5.41, 5.74) is 1.40. The van der Waals surface area contributed by atoms with Gasteiger partial charge in [-0.1, -0.05) is 28.1 Å². The minimum atomic E-state index is 0.511. The topological polar surface area (TPSA) is 6.48 Å². The highest BCUT2D eigenvalue weighted by atomic mass is 79.9. The van der Waals surface area contributed by atoms with Gasteiger partial charge < -0.3 is 0 Å². The van der Waals surface area contributed by atoms with Crippen molar-refractivity contribution in [2.75, 3.05) is 26.2 Å². The molecule has 0 spiro atoms. The molecule has 1 heterocycles. The van der Waals surface area contributed by atoms with Crippen molar-refractivity contribution in [2.45, 2.75) is 32.9 Å². The third kappa shape index (κ3) is 3.34. The molecular weight excluding hydrogens is 288 g/mol. The first-order chi connectivity index (χ1) is 8.58. The normalized spacial score (nSPS) is 20.3. The molecule has 18 heavy (non-hydrogen) atoms. The third-order valence-corrected chi connectivity index (χ3v) is 4.45. The first kappa shape index (κ1) is 14.0. The van der Waals surface area contributed by atoms with Gasteiger partial charge in [-0.15, -0.1) is 0 Å². The predicted octanol–water partition coefficient (Wildman–Crippen LogP) is 3.54. The zero-order valence-electron chi connectivity index (χ0n) is 11.6. The Morgan fingerprint density at radius 1 is 1.00 bits per heavy atom. The van der Waals surface area contributed by atoms with Gasteiger partial charge in [0, 0.05) is 42.7 Å². The van der Waals surface area contributed by atoms with Crippen LogP contribution < -0.4 is 0 Å². The van der Waals surface area contributed by atoms with Crippen LogP contribution in [0.4, 0.5) is 0 Å². The van der Waals surface area contributed by atoms with Crippen molar-refractivity contribution >= 4 is 15.9 Å². The predicted molar refractivity (Wildman–Crippen MR) is 80.8 cm³/mol. The fourth-order valence-electron chi connectivity index (χ4n) is 2.62. The number of piperazine rings is 1. The molecule has 1 fully saturated rings. The zero-order valence-corrected chi connectivity index (χ0v) is 13.2. The molecule has 1 atom stereocenters. The standard InChI is InChI=1S/C15H23BrN2/c1-12(2)17-7-9-18(10-8-17)13(3)14-5-4-6-15(16)11-14/h4-6,11-13H,7-10H2,1-3H3. The molecule has 0 aliphatic carbocycles. The van der Waals surface area contributed by atoms with Crippen LogP contribution in [0.1, 0.15) is 32.4 Å². The maximum atomic E-state index is 3.56. The fraction of sp³-hybridized carbons (Fsp3) is 0.600. The Balaban J connectivity index is 1.97. The summed E-state index contributed by atoms with van der Waals surface area (Å²) in [5.74, 6) is 0. The molecule has 0 aromatic heterocycles. The molecule has 1 saturated heterocycles. The van der Waals surface area contributed by atoms with E-state index in [1.54, 1.807) is 0 Å². The van der Waals surface area contributed by atoms with E-state index in [-0.39, 0.29) is 0 Å². The molecule has 1 unspecified atom stereocenters. The number of benzene rings is 1. The molecular formula is C15H23BrN2. The number of hydrogen-bond acceptors (Lipinski definition) is 2. The minimum Gasteiger partial charge on any atom is -0.298 e. The SMILES string of the molecule is CC(C)N1CCN(C(C)c2cccc(Br)c2)CC1. The average Bonchev–Trinajstić information content (AvgIpc) is 2.38. The Hall–Kier alpha value is -0.380. The van der Waals surface area contributed by atoms with Crippen molar-refractivity contribution in [1.82, 2.24) is 9.80 Å². The van der Waals surface area contributed by atoms with Gasteiger partial charge in [-0.3, -0.25) is 9.80 Å². The number of nitrogens with zero attached hydrogens (tertiary/aromatic N) is 2. The van der Waals surface area contributed by atoms with Gasteiger partial charge in [0.15, 0.2) is 0 Å². The Morgan fingerprint density at radius 3 is 2.17 bits per heavy atom. The van der Waals surface area contributed by atoms with Gasteiger partial charge in [-0.05, 0) is 38.5 Å². The monoisotopic (exact) mass is 310 g/mol. The van der Waals surface area contributed by atoms with E-state index in [0.29, 0.717) is 12.1 Å². The molecule has 3 heteroatoms. The molecule has 2 rings (SSSR count). The Bertz CT molecular complexity index is 384. The lowest BCUT2D eigenvalue weighted by Gasteiger charge is -2.40. The summed E-state index contributed by atoms with van der Waals surface area (Å²) in [5, 5.41) is 0. The van der Waals surface area contributed by atoms with Crippen LogP contribution in [-0.2, 0) is 0 Å². The average molecular weight is 311 g/mol. The maximum Gasteiger partial charge on any atom is 0.0321 e. The van der Waals surface area contributed by atoms with Crippen LogP contribution in [0.3, 0.4) is 0 Å². The van der Waals surface area contributed by atoms with Gasteiger partial charge in [0.1, 0.15) is 0 Å². The van der Waals surface area contributed by atoms with Gasteiger partial charge in [0.25, 0.3) is 0 Å². The molecule has 0 bridgehead atoms. The van der Waals surface area contributed by atoms with Crippen LogP contribution in [0.15, 0.2) is 28.7 Å². The highest BCUT2D eigenvalue weighted by Crippen LogP contribution is 2.24. The van der Waals surface area contributed by atoms with Crippen molar-refractivity contribution in [3.05, 3.63) is 34.3 Å². The molecule has 0 N–H and O–H groups in total. The second-order valence-corrected chi connectivity index (χ2v) is 6.31. The molecule has 0 saturated carbocycles. The van der Waals surface area contributed by atoms with E-state index >= 15 is 0 Å². The van der Waals surface area contributed by atoms with Gasteiger partial charge in [0.05, 0.1) is 0 Å². The van der Waals surface area contributed by atoms with Crippen LogP contribution in [0.25, 0.3) is 0 Å². The second kappa shape index (κ2) is 6.18. The van der Waals surface area contributed by atoms with Crippen LogP contribution in [-0.4, -0.2) is 42.0 Å². The number of hydrogen-bond donors (Lipinski definition) is 0. The first-order valence-electron chi connectivity index (χ1n) is 6.81. The summed E-state index contributed by atoms with van der Waals surface area (Å²) >= 11 is 3.56. The lowest BCUT2D eigenvalue weighted by Crippen LogP contribution is -2.49. The lowest BCUT2D eigenvalue weighted by atomic mass is 10.1. The summed E-state index contributed by atoms with van der Waals surface area (Å²) in [6.07, 6.45) is 0. The van der Waals surface area contributed by atoms with Crippen LogP contribution in [0, 0.1) is 0 Å². The third-order valence-electron chi connectivity index (χ3n) is 3.96. The van der Waals surface area contributed by atoms with E-state index < -0.39 is 0 Å². The van der Waals surface area contributed by atoms with E-state index in [1.165, 1.54) is 36.2 Å². The summed E-state index contributed by atoms with van der Waals surface area (Å²) in [7, 11) is 0. The largest absolute Gasteiger partial charge is 0.298 e. The Kier molecular flexibility index (Phi) is 4.82. The van der Waals surface area contributed by atoms with Crippen molar-refractivity contribution in [3.63, 3.8) is 0 Å². The van der Waals surface area contributed by atoms with Gasteiger partial charge >= 0.3 is 0 Å². The van der Waals surface area contributed by atoms with Crippen LogP contribution in [0.5, 0.6) is 0 Å². The van der Waals surface area contributed by atoms with E-state index in [2.05, 4.69) is 70.8 Å². The quantitative estimate of drug-likeness (QED) is 0.842. The maximum absolute atomic E-state index is 3.56. The first-order valence-corrected chi connectivity index (χ1v) is 7.61. The summed E-state index contributed by atoms with van der Waals surface area (Å²) in [6, 6.07) is 9.86. The molecule has 2 nitrogen and oxygen atoms in total. The Labute approximate surface area is 119 Å². The van der Waals surface area contributed by atoms with E-state index in [4.69, 9.17) is 0 Å². The van der Waals surface area contributed by atoms with Crippen LogP contribution >= 0.6 is 15.9 Å². The lowest BCUT2D eigenvalue weighted by molar-refractivity contribution is 0.0833.